The van der Waals surface area contributed by atoms with Crippen LogP contribution in [0.4, 0.5) is 0 Å². The summed E-state index contributed by atoms with van der Waals surface area (Å²) in [6.07, 6.45) is 12.2. The van der Waals surface area contributed by atoms with Gasteiger partial charge in [-0.15, -0.1) is 0 Å². The average molecular weight is 484 g/mol. The van der Waals surface area contributed by atoms with E-state index in [0.29, 0.717) is 35.5 Å². The van der Waals surface area contributed by atoms with Crippen molar-refractivity contribution >= 4 is 16.0 Å². The molecule has 0 aromatic rings. The van der Waals surface area contributed by atoms with E-state index < -0.39 is 15.9 Å². The Hall–Kier alpha value is -0.660. The third-order valence-corrected chi connectivity index (χ3v) is 11.7. The number of amides is 1. The lowest BCUT2D eigenvalue weighted by Crippen LogP contribution is -2.58. The van der Waals surface area contributed by atoms with Crippen molar-refractivity contribution in [2.45, 2.75) is 97.5 Å². The zero-order valence-corrected chi connectivity index (χ0v) is 21.6. The molecule has 0 radical (unpaired) electrons. The second kappa shape index (κ2) is 9.42. The Labute approximate surface area is 200 Å². The van der Waals surface area contributed by atoms with Crippen LogP contribution in [0, 0.1) is 46.3 Å². The Balaban J connectivity index is 1.39. The first-order chi connectivity index (χ1) is 15.5. The van der Waals surface area contributed by atoms with Gasteiger partial charge in [-0.1, -0.05) is 33.6 Å². The molecule has 7 heteroatoms. The molecule has 0 aromatic heterocycles. The summed E-state index contributed by atoms with van der Waals surface area (Å²) in [4.78, 5) is 12.2. The Kier molecular flexibility index (Phi) is 7.26. The van der Waals surface area contributed by atoms with Gasteiger partial charge in [-0.25, -0.2) is 0 Å². The number of nitrogens with one attached hydrogen (secondary N) is 1. The molecule has 0 aliphatic heterocycles. The van der Waals surface area contributed by atoms with Gasteiger partial charge in [-0.2, -0.15) is 8.42 Å². The highest BCUT2D eigenvalue weighted by Gasteiger charge is 2.63. The largest absolute Gasteiger partial charge is 0.393 e. The van der Waals surface area contributed by atoms with Crippen molar-refractivity contribution in [2.75, 3.05) is 12.3 Å². The third kappa shape index (κ3) is 4.75. The average Bonchev–Trinajstić information content (AvgIpc) is 3.10. The van der Waals surface area contributed by atoms with Crippen LogP contribution >= 0.6 is 0 Å². The molecule has 6 nitrogen and oxygen atoms in total. The van der Waals surface area contributed by atoms with Gasteiger partial charge in [0, 0.05) is 13.0 Å². The lowest BCUT2D eigenvalue weighted by Gasteiger charge is -2.62. The van der Waals surface area contributed by atoms with Crippen LogP contribution in [0.1, 0.15) is 91.4 Å². The molecule has 4 rings (SSSR count). The first-order valence-corrected chi connectivity index (χ1v) is 15.0. The minimum Gasteiger partial charge on any atom is -0.393 e. The van der Waals surface area contributed by atoms with Crippen LogP contribution in [-0.2, 0) is 14.9 Å². The van der Waals surface area contributed by atoms with Crippen molar-refractivity contribution in [3.8, 4) is 0 Å². The second-order valence-electron chi connectivity index (χ2n) is 12.4. The summed E-state index contributed by atoms with van der Waals surface area (Å²) in [5, 5.41) is 14.2. The topological polar surface area (TPSA) is 104 Å². The van der Waals surface area contributed by atoms with E-state index in [-0.39, 0.29) is 24.0 Å². The highest BCUT2D eigenvalue weighted by molar-refractivity contribution is 7.85. The normalized spacial score (nSPS) is 43.8. The molecule has 4 fully saturated rings. The van der Waals surface area contributed by atoms with Crippen LogP contribution in [0.3, 0.4) is 0 Å². The number of carbonyl (C=O) groups is 1. The highest BCUT2D eigenvalue weighted by Crippen LogP contribution is 2.68. The SMILES string of the molecule is C[C@H](CCC(=O)NCCS(=O)(=O)O)[C@H]1CC[C@H]2[C@@H]3CCC4CCCC[C@]4(C)[C@H]3C[C@H](O)[C@]12C. The Bertz CT molecular complexity index is 831. The van der Waals surface area contributed by atoms with Crippen LogP contribution in [0.15, 0.2) is 0 Å². The molecule has 3 N–H and O–H groups in total. The van der Waals surface area contributed by atoms with E-state index in [1.807, 2.05) is 0 Å². The summed E-state index contributed by atoms with van der Waals surface area (Å²) in [7, 11) is -4.06. The lowest BCUT2D eigenvalue weighted by atomic mass is 9.44. The minimum absolute atomic E-state index is 0.0587. The predicted molar refractivity (Wildman–Crippen MR) is 129 cm³/mol. The number of fused-ring (bicyclic) bond motifs is 5. The van der Waals surface area contributed by atoms with Crippen molar-refractivity contribution in [3.63, 3.8) is 0 Å². The Morgan fingerprint density at radius 1 is 1.09 bits per heavy atom. The van der Waals surface area contributed by atoms with Crippen LogP contribution in [0.2, 0.25) is 0 Å². The van der Waals surface area contributed by atoms with Crippen molar-refractivity contribution in [3.05, 3.63) is 0 Å². The number of aliphatic hydroxyl groups excluding tert-OH is 1. The van der Waals surface area contributed by atoms with Gasteiger partial charge in [0.05, 0.1) is 11.9 Å². The Morgan fingerprint density at radius 2 is 1.85 bits per heavy atom. The predicted octanol–water partition coefficient (Wildman–Crippen LogP) is 4.43. The number of rotatable bonds is 7. The summed E-state index contributed by atoms with van der Waals surface area (Å²) in [6, 6.07) is 0. The van der Waals surface area contributed by atoms with Crippen molar-refractivity contribution in [2.24, 2.45) is 46.3 Å². The maximum Gasteiger partial charge on any atom is 0.266 e. The quantitative estimate of drug-likeness (QED) is 0.465. The van der Waals surface area contributed by atoms with E-state index in [2.05, 4.69) is 26.1 Å². The van der Waals surface area contributed by atoms with E-state index in [4.69, 9.17) is 4.55 Å². The molecule has 0 saturated heterocycles. The molecule has 4 aliphatic carbocycles. The molecule has 33 heavy (non-hydrogen) atoms. The van der Waals surface area contributed by atoms with Crippen LogP contribution < -0.4 is 5.32 Å². The van der Waals surface area contributed by atoms with E-state index in [1.54, 1.807) is 0 Å². The van der Waals surface area contributed by atoms with E-state index in [1.165, 1.54) is 44.9 Å². The summed E-state index contributed by atoms with van der Waals surface area (Å²) in [5.74, 6) is 2.96. The van der Waals surface area contributed by atoms with E-state index >= 15 is 0 Å². The summed E-state index contributed by atoms with van der Waals surface area (Å²) >= 11 is 0. The standard InChI is InChI=1S/C26H45NO5S/c1-17(7-12-24(29)27-14-15-33(30,31)32)20-10-11-21-19-9-8-18-6-4-5-13-25(18,2)22(19)16-23(28)26(20,21)3/h17-23,28H,4-16H2,1-3H3,(H,27,29)(H,30,31,32)/t17-,18?,19+,20-,21+,22+,23+,25+,26-/m1/s1. The first kappa shape index (κ1) is 25.4. The smallest absolute Gasteiger partial charge is 0.266 e. The fourth-order valence-corrected chi connectivity index (χ4v) is 9.55. The highest BCUT2D eigenvalue weighted by atomic mass is 32.2. The van der Waals surface area contributed by atoms with Gasteiger partial charge in [0.15, 0.2) is 0 Å². The summed E-state index contributed by atoms with van der Waals surface area (Å²) in [6.45, 7) is 7.05. The van der Waals surface area contributed by atoms with Gasteiger partial charge in [-0.3, -0.25) is 9.35 Å². The van der Waals surface area contributed by atoms with Crippen molar-refractivity contribution < 1.29 is 22.9 Å². The molecular formula is C26H45NO5S. The maximum atomic E-state index is 12.2. The fraction of sp³-hybridized carbons (Fsp3) is 0.962. The van der Waals surface area contributed by atoms with Gasteiger partial charge in [-0.05, 0) is 97.7 Å². The molecule has 190 valence electrons. The number of aliphatic hydroxyl groups is 1. The summed E-state index contributed by atoms with van der Waals surface area (Å²) in [5.41, 5.74) is 0.340. The molecule has 4 saturated carbocycles. The number of carbonyl (C=O) groups excluding carboxylic acids is 1. The number of hydrogen-bond donors (Lipinski definition) is 3. The lowest BCUT2D eigenvalue weighted by molar-refractivity contribution is -0.168. The van der Waals surface area contributed by atoms with Gasteiger partial charge >= 0.3 is 0 Å². The third-order valence-electron chi connectivity index (χ3n) is 11.0. The van der Waals surface area contributed by atoms with Crippen LogP contribution in [0.25, 0.3) is 0 Å². The molecule has 1 unspecified atom stereocenters. The maximum absolute atomic E-state index is 12.2. The van der Waals surface area contributed by atoms with Crippen LogP contribution in [-0.4, -0.2) is 42.4 Å². The van der Waals surface area contributed by atoms with Gasteiger partial charge in [0.2, 0.25) is 5.91 Å². The number of hydrogen-bond acceptors (Lipinski definition) is 4. The first-order valence-electron chi connectivity index (χ1n) is 13.4. The fourth-order valence-electron chi connectivity index (χ4n) is 9.19. The molecule has 0 spiro atoms. The zero-order valence-electron chi connectivity index (χ0n) is 20.8. The summed E-state index contributed by atoms with van der Waals surface area (Å²) < 4.78 is 30.5. The monoisotopic (exact) mass is 483 g/mol. The molecule has 9 atom stereocenters. The molecule has 0 aromatic carbocycles. The van der Waals surface area contributed by atoms with Crippen molar-refractivity contribution in [1.29, 1.82) is 0 Å². The van der Waals surface area contributed by atoms with Crippen molar-refractivity contribution in [1.82, 2.24) is 5.32 Å². The van der Waals surface area contributed by atoms with Gasteiger partial charge in [0.1, 0.15) is 0 Å². The van der Waals surface area contributed by atoms with E-state index in [9.17, 15) is 18.3 Å². The van der Waals surface area contributed by atoms with Gasteiger partial charge < -0.3 is 10.4 Å². The van der Waals surface area contributed by atoms with E-state index in [0.717, 1.165) is 31.1 Å². The van der Waals surface area contributed by atoms with Gasteiger partial charge in [0.25, 0.3) is 10.1 Å². The molecule has 0 heterocycles. The molecule has 1 amide bonds. The zero-order chi connectivity index (χ0) is 24.0. The Morgan fingerprint density at radius 3 is 2.58 bits per heavy atom. The molecule has 0 bridgehead atoms. The second-order valence-corrected chi connectivity index (χ2v) is 13.9. The molecular weight excluding hydrogens is 438 g/mol. The minimum atomic E-state index is -4.06. The van der Waals surface area contributed by atoms with Crippen LogP contribution in [0.5, 0.6) is 0 Å². The molecule has 4 aliphatic rings.